The molecular formula is C16H13NO2. The zero-order valence-electron chi connectivity index (χ0n) is 10.5. The summed E-state index contributed by atoms with van der Waals surface area (Å²) in [6.07, 6.45) is 0. The summed E-state index contributed by atoms with van der Waals surface area (Å²) in [6.45, 7) is 0. The van der Waals surface area contributed by atoms with Crippen LogP contribution in [0.2, 0.25) is 0 Å². The largest absolute Gasteiger partial charge is 0.464 e. The smallest absolute Gasteiger partial charge is 0.355 e. The summed E-state index contributed by atoms with van der Waals surface area (Å²) >= 11 is 0. The average molecular weight is 251 g/mol. The fourth-order valence-corrected chi connectivity index (χ4v) is 2.26. The van der Waals surface area contributed by atoms with Crippen LogP contribution in [0.1, 0.15) is 10.5 Å². The van der Waals surface area contributed by atoms with E-state index in [4.69, 9.17) is 4.74 Å². The minimum absolute atomic E-state index is 0.333. The summed E-state index contributed by atoms with van der Waals surface area (Å²) in [6, 6.07) is 19.5. The molecule has 3 heteroatoms. The first-order chi connectivity index (χ1) is 9.31. The molecule has 0 N–H and O–H groups in total. The molecule has 0 aliphatic heterocycles. The van der Waals surface area contributed by atoms with Crippen LogP contribution in [0.25, 0.3) is 16.6 Å². The van der Waals surface area contributed by atoms with Crippen molar-refractivity contribution in [3.05, 3.63) is 66.4 Å². The fourth-order valence-electron chi connectivity index (χ4n) is 2.26. The number of carbonyl (C=O) groups excluding carboxylic acids is 1. The third-order valence-corrected chi connectivity index (χ3v) is 3.12. The van der Waals surface area contributed by atoms with Gasteiger partial charge in [-0.1, -0.05) is 36.4 Å². The molecule has 2 aromatic carbocycles. The molecule has 3 nitrogen and oxygen atoms in total. The van der Waals surface area contributed by atoms with E-state index in [1.165, 1.54) is 7.11 Å². The van der Waals surface area contributed by atoms with Gasteiger partial charge in [-0.3, -0.25) is 0 Å². The zero-order chi connectivity index (χ0) is 13.2. The molecule has 0 atom stereocenters. The molecular weight excluding hydrogens is 238 g/mol. The van der Waals surface area contributed by atoms with Gasteiger partial charge in [0, 0.05) is 11.1 Å². The second-order valence-electron chi connectivity index (χ2n) is 4.25. The van der Waals surface area contributed by atoms with Gasteiger partial charge in [-0.25, -0.2) is 4.79 Å². The Bertz CT molecular complexity index is 729. The van der Waals surface area contributed by atoms with Crippen molar-refractivity contribution in [3.63, 3.8) is 0 Å². The summed E-state index contributed by atoms with van der Waals surface area (Å²) in [4.78, 5) is 11.9. The number of nitrogens with zero attached hydrogens (tertiary/aromatic N) is 1. The van der Waals surface area contributed by atoms with Crippen LogP contribution in [0.5, 0.6) is 0 Å². The van der Waals surface area contributed by atoms with E-state index in [2.05, 4.69) is 0 Å². The number of esters is 1. The Morgan fingerprint density at radius 1 is 1.00 bits per heavy atom. The predicted molar refractivity (Wildman–Crippen MR) is 74.6 cm³/mol. The SMILES string of the molecule is COC(=O)c1cc2ccccc2n1-c1ccccc1. The molecule has 0 spiro atoms. The molecule has 0 bridgehead atoms. The minimum Gasteiger partial charge on any atom is -0.464 e. The van der Waals surface area contributed by atoms with E-state index in [1.807, 2.05) is 65.2 Å². The van der Waals surface area contributed by atoms with Crippen LogP contribution in [-0.2, 0) is 4.74 Å². The lowest BCUT2D eigenvalue weighted by atomic mass is 10.2. The van der Waals surface area contributed by atoms with Crippen molar-refractivity contribution >= 4 is 16.9 Å². The third kappa shape index (κ3) is 1.89. The number of aromatic nitrogens is 1. The first-order valence-corrected chi connectivity index (χ1v) is 6.05. The van der Waals surface area contributed by atoms with Gasteiger partial charge in [0.25, 0.3) is 0 Å². The van der Waals surface area contributed by atoms with Gasteiger partial charge >= 0.3 is 5.97 Å². The van der Waals surface area contributed by atoms with E-state index < -0.39 is 0 Å². The molecule has 94 valence electrons. The highest BCUT2D eigenvalue weighted by Crippen LogP contribution is 2.24. The second-order valence-corrected chi connectivity index (χ2v) is 4.25. The van der Waals surface area contributed by atoms with Gasteiger partial charge in [0.15, 0.2) is 0 Å². The third-order valence-electron chi connectivity index (χ3n) is 3.12. The molecule has 0 unspecified atom stereocenters. The van der Waals surface area contributed by atoms with Gasteiger partial charge in [-0.05, 0) is 24.3 Å². The van der Waals surface area contributed by atoms with Crippen molar-refractivity contribution in [2.45, 2.75) is 0 Å². The quantitative estimate of drug-likeness (QED) is 0.653. The molecule has 0 saturated heterocycles. The van der Waals surface area contributed by atoms with Crippen molar-refractivity contribution in [2.24, 2.45) is 0 Å². The first-order valence-electron chi connectivity index (χ1n) is 6.05. The number of fused-ring (bicyclic) bond motifs is 1. The lowest BCUT2D eigenvalue weighted by Crippen LogP contribution is -2.08. The van der Waals surface area contributed by atoms with Crippen LogP contribution >= 0.6 is 0 Å². The number of carbonyl (C=O) groups is 1. The van der Waals surface area contributed by atoms with Crippen molar-refractivity contribution in [1.29, 1.82) is 0 Å². The maximum atomic E-state index is 11.9. The molecule has 1 aromatic heterocycles. The number of rotatable bonds is 2. The average Bonchev–Trinajstić information content (AvgIpc) is 2.86. The van der Waals surface area contributed by atoms with Gasteiger partial charge in [0.05, 0.1) is 12.6 Å². The van der Waals surface area contributed by atoms with Crippen LogP contribution in [0.15, 0.2) is 60.7 Å². The van der Waals surface area contributed by atoms with Crippen LogP contribution in [0.4, 0.5) is 0 Å². The van der Waals surface area contributed by atoms with E-state index in [0.717, 1.165) is 16.6 Å². The molecule has 0 aliphatic carbocycles. The van der Waals surface area contributed by atoms with Crippen LogP contribution in [-0.4, -0.2) is 17.6 Å². The van der Waals surface area contributed by atoms with E-state index >= 15 is 0 Å². The molecule has 3 aromatic rings. The van der Waals surface area contributed by atoms with Gasteiger partial charge in [-0.15, -0.1) is 0 Å². The number of hydrogen-bond donors (Lipinski definition) is 0. The standard InChI is InChI=1S/C16H13NO2/c1-19-16(18)15-11-12-7-5-6-10-14(12)17(15)13-8-3-2-4-9-13/h2-11H,1H3. The molecule has 3 rings (SSSR count). The summed E-state index contributed by atoms with van der Waals surface area (Å²) in [5, 5.41) is 1.02. The van der Waals surface area contributed by atoms with Gasteiger partial charge in [0.2, 0.25) is 0 Å². The monoisotopic (exact) mass is 251 g/mol. The van der Waals surface area contributed by atoms with Crippen LogP contribution in [0, 0.1) is 0 Å². The fraction of sp³-hybridized carbons (Fsp3) is 0.0625. The molecule has 0 saturated carbocycles. The Morgan fingerprint density at radius 3 is 2.42 bits per heavy atom. The van der Waals surface area contributed by atoms with E-state index in [-0.39, 0.29) is 5.97 Å². The maximum absolute atomic E-state index is 11.9. The number of methoxy groups -OCH3 is 1. The number of hydrogen-bond acceptors (Lipinski definition) is 2. The van der Waals surface area contributed by atoms with Crippen molar-refractivity contribution < 1.29 is 9.53 Å². The Kier molecular flexibility index (Phi) is 2.80. The van der Waals surface area contributed by atoms with Gasteiger partial charge < -0.3 is 9.30 Å². The first kappa shape index (κ1) is 11.5. The summed E-state index contributed by atoms with van der Waals surface area (Å²) in [5.74, 6) is -0.333. The molecule has 19 heavy (non-hydrogen) atoms. The number of ether oxygens (including phenoxy) is 1. The van der Waals surface area contributed by atoms with E-state index in [0.29, 0.717) is 5.69 Å². The second kappa shape index (κ2) is 4.61. The minimum atomic E-state index is -0.333. The van der Waals surface area contributed by atoms with Gasteiger partial charge in [-0.2, -0.15) is 0 Å². The summed E-state index contributed by atoms with van der Waals surface area (Å²) < 4.78 is 6.79. The molecule has 0 fully saturated rings. The Morgan fingerprint density at radius 2 is 1.68 bits per heavy atom. The lowest BCUT2D eigenvalue weighted by Gasteiger charge is -2.09. The van der Waals surface area contributed by atoms with Gasteiger partial charge in [0.1, 0.15) is 5.69 Å². The lowest BCUT2D eigenvalue weighted by molar-refractivity contribution is 0.0592. The molecule has 0 amide bonds. The Balaban J connectivity index is 2.34. The zero-order valence-corrected chi connectivity index (χ0v) is 10.5. The summed E-state index contributed by atoms with van der Waals surface area (Å²) in [7, 11) is 1.40. The van der Waals surface area contributed by atoms with Crippen LogP contribution < -0.4 is 0 Å². The van der Waals surface area contributed by atoms with Crippen molar-refractivity contribution in [3.8, 4) is 5.69 Å². The highest BCUT2D eigenvalue weighted by molar-refractivity contribution is 5.97. The molecule has 0 aliphatic rings. The molecule has 0 radical (unpaired) electrons. The number of benzene rings is 2. The predicted octanol–water partition coefficient (Wildman–Crippen LogP) is 3.42. The Labute approximate surface area is 111 Å². The summed E-state index contributed by atoms with van der Waals surface area (Å²) in [5.41, 5.74) is 2.48. The van der Waals surface area contributed by atoms with E-state index in [9.17, 15) is 4.79 Å². The highest BCUT2D eigenvalue weighted by atomic mass is 16.5. The van der Waals surface area contributed by atoms with Crippen LogP contribution in [0.3, 0.4) is 0 Å². The number of para-hydroxylation sites is 2. The van der Waals surface area contributed by atoms with E-state index in [1.54, 1.807) is 0 Å². The topological polar surface area (TPSA) is 31.2 Å². The van der Waals surface area contributed by atoms with Crippen molar-refractivity contribution in [2.75, 3.05) is 7.11 Å². The normalized spacial score (nSPS) is 10.6. The van der Waals surface area contributed by atoms with Crippen molar-refractivity contribution in [1.82, 2.24) is 4.57 Å². The highest BCUT2D eigenvalue weighted by Gasteiger charge is 2.16. The molecule has 1 heterocycles. The maximum Gasteiger partial charge on any atom is 0.355 e. The Hall–Kier alpha value is -2.55.